The van der Waals surface area contributed by atoms with Crippen molar-refractivity contribution in [3.63, 3.8) is 0 Å². The molecule has 0 spiro atoms. The molecule has 0 aromatic carbocycles. The zero-order valence-electron chi connectivity index (χ0n) is 21.8. The second-order valence-corrected chi connectivity index (χ2v) is 15.8. The van der Waals surface area contributed by atoms with Gasteiger partial charge in [-0.25, -0.2) is 0 Å². The van der Waals surface area contributed by atoms with Crippen molar-refractivity contribution in [3.05, 3.63) is 12.2 Å². The summed E-state index contributed by atoms with van der Waals surface area (Å²) in [5, 5.41) is 9.64. The quantitative estimate of drug-likeness (QED) is 0.157. The van der Waals surface area contributed by atoms with Crippen LogP contribution in [0.5, 0.6) is 0 Å². The highest BCUT2D eigenvalue weighted by Crippen LogP contribution is 2.37. The van der Waals surface area contributed by atoms with Crippen LogP contribution in [0.4, 0.5) is 0 Å². The largest absolute Gasteiger partial charge is 0.397 e. The molecule has 2 heterocycles. The Balaban J connectivity index is 2.23. The molecule has 2 saturated heterocycles. The molecule has 192 valence electrons. The molecule has 2 aliphatic rings. The zero-order chi connectivity index (χ0) is 25.3. The third-order valence-electron chi connectivity index (χ3n) is 6.12. The standard InChI is InChI=1S/C24H42N4O3S2Si/c1-8-11-14-34(15-12-9-2,16-13-10-3)31-22-21(30)27(7)23(33-22)25-26-24-28(17-18(4)5)20(29)19(6)32-24/h19,22H,4,8-17H2,1-3,5-7H3. The van der Waals surface area contributed by atoms with Gasteiger partial charge in [0.05, 0.1) is 5.25 Å². The number of unbranched alkanes of at least 4 members (excludes halogenated alkanes) is 3. The zero-order valence-corrected chi connectivity index (χ0v) is 24.4. The van der Waals surface area contributed by atoms with Crippen molar-refractivity contribution in [2.45, 2.75) is 102 Å². The molecule has 2 fully saturated rings. The number of amides is 2. The van der Waals surface area contributed by atoms with E-state index in [1.807, 2.05) is 13.8 Å². The number of hydrogen-bond acceptors (Lipinski definition) is 7. The van der Waals surface area contributed by atoms with Gasteiger partial charge in [-0.2, -0.15) is 0 Å². The lowest BCUT2D eigenvalue weighted by Crippen LogP contribution is -2.43. The van der Waals surface area contributed by atoms with Gasteiger partial charge in [-0.05, 0) is 43.7 Å². The van der Waals surface area contributed by atoms with Crippen LogP contribution in [0.15, 0.2) is 22.4 Å². The first kappa shape index (κ1) is 29.1. The fourth-order valence-corrected chi connectivity index (χ4v) is 11.2. The molecule has 34 heavy (non-hydrogen) atoms. The second-order valence-electron chi connectivity index (χ2n) is 9.37. The monoisotopic (exact) mass is 526 g/mol. The Labute approximate surface area is 215 Å². The third kappa shape index (κ3) is 7.70. The van der Waals surface area contributed by atoms with Crippen LogP contribution in [0.3, 0.4) is 0 Å². The summed E-state index contributed by atoms with van der Waals surface area (Å²) < 4.78 is 6.80. The van der Waals surface area contributed by atoms with Crippen LogP contribution >= 0.6 is 23.5 Å². The van der Waals surface area contributed by atoms with E-state index < -0.39 is 13.8 Å². The Bertz CT molecular complexity index is 783. The van der Waals surface area contributed by atoms with Crippen molar-refractivity contribution in [3.8, 4) is 0 Å². The lowest BCUT2D eigenvalue weighted by atomic mass is 10.3. The first-order valence-electron chi connectivity index (χ1n) is 12.6. The molecule has 2 unspecified atom stereocenters. The van der Waals surface area contributed by atoms with E-state index >= 15 is 0 Å². The normalized spacial score (nSPS) is 23.7. The second kappa shape index (κ2) is 13.8. The molecule has 0 aliphatic carbocycles. The Hall–Kier alpha value is -1.10. The van der Waals surface area contributed by atoms with Crippen molar-refractivity contribution in [2.24, 2.45) is 10.2 Å². The molecule has 0 radical (unpaired) electrons. The van der Waals surface area contributed by atoms with E-state index in [4.69, 9.17) is 4.43 Å². The molecule has 0 saturated carbocycles. The van der Waals surface area contributed by atoms with Crippen LogP contribution in [0.2, 0.25) is 18.1 Å². The number of thioether (sulfide) groups is 2. The first-order valence-corrected chi connectivity index (χ1v) is 16.9. The average molecular weight is 527 g/mol. The van der Waals surface area contributed by atoms with Crippen molar-refractivity contribution in [2.75, 3.05) is 13.6 Å². The maximum absolute atomic E-state index is 13.1. The van der Waals surface area contributed by atoms with E-state index in [-0.39, 0.29) is 17.1 Å². The van der Waals surface area contributed by atoms with Gasteiger partial charge in [-0.15, -0.1) is 10.2 Å². The van der Waals surface area contributed by atoms with Crippen LogP contribution in [0.25, 0.3) is 0 Å². The fourth-order valence-electron chi connectivity index (χ4n) is 4.08. The molecule has 0 aromatic rings. The molecule has 0 N–H and O–H groups in total. The lowest BCUT2D eigenvalue weighted by molar-refractivity contribution is -0.129. The number of carbonyl (C=O) groups is 2. The number of likely N-dealkylation sites (N-methyl/N-ethyl adjacent to an activating group) is 1. The van der Waals surface area contributed by atoms with Crippen LogP contribution in [0, 0.1) is 0 Å². The average Bonchev–Trinajstić information content (AvgIpc) is 3.22. The van der Waals surface area contributed by atoms with Crippen LogP contribution in [-0.4, -0.2) is 64.5 Å². The van der Waals surface area contributed by atoms with Crippen molar-refractivity contribution in [1.82, 2.24) is 9.80 Å². The van der Waals surface area contributed by atoms with Gasteiger partial charge in [-0.3, -0.25) is 19.4 Å². The number of amidine groups is 2. The molecule has 0 aromatic heterocycles. The summed E-state index contributed by atoms with van der Waals surface area (Å²) in [5.74, 6) is -0.0529. The Morgan fingerprint density at radius 2 is 1.50 bits per heavy atom. The van der Waals surface area contributed by atoms with Crippen LogP contribution in [0.1, 0.15) is 73.1 Å². The summed E-state index contributed by atoms with van der Waals surface area (Å²) in [6.07, 6.45) is 6.87. The number of carbonyl (C=O) groups excluding carboxylic acids is 2. The number of hydrogen-bond donors (Lipinski definition) is 0. The minimum atomic E-state index is -2.05. The maximum Gasteiger partial charge on any atom is 0.267 e. The third-order valence-corrected chi connectivity index (χ3v) is 13.0. The van der Waals surface area contributed by atoms with E-state index in [1.165, 1.54) is 23.5 Å². The predicted octanol–water partition coefficient (Wildman–Crippen LogP) is 6.05. The van der Waals surface area contributed by atoms with Gasteiger partial charge < -0.3 is 4.43 Å². The summed E-state index contributed by atoms with van der Waals surface area (Å²) in [5.41, 5.74) is 0.330. The summed E-state index contributed by atoms with van der Waals surface area (Å²) in [7, 11) is -0.318. The first-order chi connectivity index (χ1) is 16.2. The molecule has 7 nitrogen and oxygen atoms in total. The van der Waals surface area contributed by atoms with Gasteiger partial charge >= 0.3 is 0 Å². The summed E-state index contributed by atoms with van der Waals surface area (Å²) in [6, 6.07) is 3.33. The molecule has 2 rings (SSSR count). The smallest absolute Gasteiger partial charge is 0.267 e. The van der Waals surface area contributed by atoms with Crippen molar-refractivity contribution in [1.29, 1.82) is 0 Å². The summed E-state index contributed by atoms with van der Waals surface area (Å²) >= 11 is 2.74. The summed E-state index contributed by atoms with van der Waals surface area (Å²) in [4.78, 5) is 28.8. The Kier molecular flexibility index (Phi) is 11.9. The predicted molar refractivity (Wildman–Crippen MR) is 149 cm³/mol. The van der Waals surface area contributed by atoms with Gasteiger partial charge in [0, 0.05) is 13.6 Å². The number of rotatable bonds is 14. The van der Waals surface area contributed by atoms with E-state index in [0.717, 1.165) is 62.2 Å². The van der Waals surface area contributed by atoms with Gasteiger partial charge in [0.1, 0.15) is 0 Å². The van der Waals surface area contributed by atoms with E-state index in [0.29, 0.717) is 16.9 Å². The molecular weight excluding hydrogens is 485 g/mol. The number of nitrogens with zero attached hydrogens (tertiary/aromatic N) is 4. The van der Waals surface area contributed by atoms with E-state index in [2.05, 4.69) is 37.6 Å². The summed E-state index contributed by atoms with van der Waals surface area (Å²) in [6.45, 7) is 14.7. The molecule has 10 heteroatoms. The molecule has 0 bridgehead atoms. The van der Waals surface area contributed by atoms with Gasteiger partial charge in [0.2, 0.25) is 5.91 Å². The highest BCUT2D eigenvalue weighted by molar-refractivity contribution is 8.16. The SMILES string of the molecule is C=C(C)CN1C(=O)C(C)SC1=NN=C1SC(O[Si](CCCC)(CCCC)CCCC)C(=O)N1C. The van der Waals surface area contributed by atoms with Gasteiger partial charge in [0.15, 0.2) is 24.1 Å². The maximum atomic E-state index is 13.1. The molecule has 2 amide bonds. The minimum Gasteiger partial charge on any atom is -0.397 e. The molecular formula is C24H42N4O3S2Si. The molecule has 2 atom stereocenters. The van der Waals surface area contributed by atoms with E-state index in [9.17, 15) is 9.59 Å². The Morgan fingerprint density at radius 1 is 0.971 bits per heavy atom. The van der Waals surface area contributed by atoms with Gasteiger partial charge in [-0.1, -0.05) is 83.2 Å². The minimum absolute atomic E-state index is 0.00946. The van der Waals surface area contributed by atoms with Crippen LogP contribution in [-0.2, 0) is 14.0 Å². The highest BCUT2D eigenvalue weighted by Gasteiger charge is 2.44. The van der Waals surface area contributed by atoms with Gasteiger partial charge in [0.25, 0.3) is 5.91 Å². The lowest BCUT2D eigenvalue weighted by Gasteiger charge is -2.33. The van der Waals surface area contributed by atoms with Crippen molar-refractivity contribution >= 4 is 54.0 Å². The van der Waals surface area contributed by atoms with E-state index in [1.54, 1.807) is 16.8 Å². The topological polar surface area (TPSA) is 74.6 Å². The van der Waals surface area contributed by atoms with Crippen LogP contribution < -0.4 is 0 Å². The molecule has 2 aliphatic heterocycles. The van der Waals surface area contributed by atoms with Crippen molar-refractivity contribution < 1.29 is 14.0 Å². The highest BCUT2D eigenvalue weighted by atomic mass is 32.2. The Morgan fingerprint density at radius 3 is 2.00 bits per heavy atom. The fraction of sp³-hybridized carbons (Fsp3) is 0.750.